The van der Waals surface area contributed by atoms with Crippen LogP contribution in [-0.4, -0.2) is 32.7 Å². The lowest BCUT2D eigenvalue weighted by molar-refractivity contribution is 0.0898. The average Bonchev–Trinajstić information content (AvgIpc) is 2.36. The van der Waals surface area contributed by atoms with Crippen molar-refractivity contribution in [2.24, 2.45) is 11.7 Å². The molecule has 3 N–H and O–H groups in total. The summed E-state index contributed by atoms with van der Waals surface area (Å²) in [6.45, 7) is 6.42. The van der Waals surface area contributed by atoms with Crippen LogP contribution < -0.4 is 11.1 Å². The Morgan fingerprint density at radius 2 is 2.00 bits per heavy atom. The smallest absolute Gasteiger partial charge is 0.251 e. The molecule has 0 heterocycles. The SMILES string of the molecule is CC(C)CC(C)(CN)NC(=O)c1cccc(CS(C)(=O)=O)c1. The molecule has 0 fully saturated rings. The van der Waals surface area contributed by atoms with E-state index in [1.807, 2.05) is 6.92 Å². The van der Waals surface area contributed by atoms with E-state index in [1.165, 1.54) is 6.26 Å². The van der Waals surface area contributed by atoms with Crippen molar-refractivity contribution in [3.63, 3.8) is 0 Å². The maximum atomic E-state index is 12.4. The van der Waals surface area contributed by atoms with Crippen LogP contribution in [0.25, 0.3) is 0 Å². The molecule has 124 valence electrons. The predicted octanol–water partition coefficient (Wildman–Crippen LogP) is 1.72. The topological polar surface area (TPSA) is 89.3 Å². The monoisotopic (exact) mass is 326 g/mol. The number of sulfone groups is 1. The zero-order chi connectivity index (χ0) is 17.0. The molecule has 0 aliphatic heterocycles. The standard InChI is InChI=1S/C16H26N2O3S/c1-12(2)9-16(3,11-17)18-15(19)14-7-5-6-13(8-14)10-22(4,20)21/h5-8,12H,9-11,17H2,1-4H3,(H,18,19). The molecule has 0 saturated heterocycles. The number of amides is 1. The van der Waals surface area contributed by atoms with Crippen molar-refractivity contribution >= 4 is 15.7 Å². The maximum absolute atomic E-state index is 12.4. The van der Waals surface area contributed by atoms with Gasteiger partial charge < -0.3 is 11.1 Å². The third kappa shape index (κ3) is 6.15. The number of nitrogens with one attached hydrogen (secondary N) is 1. The van der Waals surface area contributed by atoms with E-state index in [4.69, 9.17) is 5.73 Å². The van der Waals surface area contributed by atoms with E-state index >= 15 is 0 Å². The first kappa shape index (κ1) is 18.6. The molecule has 1 atom stereocenters. The second kappa shape index (κ2) is 7.24. The number of rotatable bonds is 7. The van der Waals surface area contributed by atoms with Gasteiger partial charge in [-0.3, -0.25) is 4.79 Å². The largest absolute Gasteiger partial charge is 0.346 e. The van der Waals surface area contributed by atoms with Crippen molar-refractivity contribution in [3.05, 3.63) is 35.4 Å². The minimum Gasteiger partial charge on any atom is -0.346 e. The fourth-order valence-corrected chi connectivity index (χ4v) is 3.32. The highest BCUT2D eigenvalue weighted by Crippen LogP contribution is 2.17. The third-order valence-electron chi connectivity index (χ3n) is 3.34. The minimum absolute atomic E-state index is 0.0751. The second-order valence-electron chi connectivity index (χ2n) is 6.59. The molecule has 22 heavy (non-hydrogen) atoms. The molecule has 0 spiro atoms. The number of hydrogen-bond acceptors (Lipinski definition) is 4. The Labute approximate surface area is 133 Å². The van der Waals surface area contributed by atoms with E-state index in [1.54, 1.807) is 24.3 Å². The average molecular weight is 326 g/mol. The quantitative estimate of drug-likeness (QED) is 0.798. The molecule has 0 bridgehead atoms. The second-order valence-corrected chi connectivity index (χ2v) is 8.73. The van der Waals surface area contributed by atoms with Gasteiger partial charge in [-0.1, -0.05) is 26.0 Å². The van der Waals surface area contributed by atoms with Gasteiger partial charge in [-0.05, 0) is 37.0 Å². The fourth-order valence-electron chi connectivity index (χ4n) is 2.54. The van der Waals surface area contributed by atoms with Crippen LogP contribution >= 0.6 is 0 Å². The summed E-state index contributed by atoms with van der Waals surface area (Å²) in [5.74, 6) is 0.100. The summed E-state index contributed by atoms with van der Waals surface area (Å²) in [4.78, 5) is 12.4. The van der Waals surface area contributed by atoms with Crippen LogP contribution in [0.1, 0.15) is 43.1 Å². The van der Waals surface area contributed by atoms with Crippen LogP contribution in [-0.2, 0) is 15.6 Å². The Bertz CT molecular complexity index is 626. The molecular formula is C16H26N2O3S. The lowest BCUT2D eigenvalue weighted by atomic mass is 9.90. The highest BCUT2D eigenvalue weighted by molar-refractivity contribution is 7.89. The van der Waals surface area contributed by atoms with Gasteiger partial charge in [-0.25, -0.2) is 8.42 Å². The molecule has 5 nitrogen and oxygen atoms in total. The molecule has 6 heteroatoms. The fraction of sp³-hybridized carbons (Fsp3) is 0.562. The van der Waals surface area contributed by atoms with Crippen LogP contribution in [0.3, 0.4) is 0 Å². The van der Waals surface area contributed by atoms with Gasteiger partial charge in [0.25, 0.3) is 5.91 Å². The van der Waals surface area contributed by atoms with Crippen molar-refractivity contribution in [2.75, 3.05) is 12.8 Å². The first-order valence-electron chi connectivity index (χ1n) is 7.34. The zero-order valence-electron chi connectivity index (χ0n) is 13.7. The van der Waals surface area contributed by atoms with Crippen LogP contribution in [0.15, 0.2) is 24.3 Å². The van der Waals surface area contributed by atoms with Gasteiger partial charge in [0.2, 0.25) is 0 Å². The van der Waals surface area contributed by atoms with E-state index in [-0.39, 0.29) is 11.7 Å². The summed E-state index contributed by atoms with van der Waals surface area (Å²) in [6.07, 6.45) is 1.95. The summed E-state index contributed by atoms with van der Waals surface area (Å²) < 4.78 is 22.7. The zero-order valence-corrected chi connectivity index (χ0v) is 14.5. The molecule has 0 aliphatic carbocycles. The van der Waals surface area contributed by atoms with Gasteiger partial charge >= 0.3 is 0 Å². The van der Waals surface area contributed by atoms with Gasteiger partial charge in [0, 0.05) is 23.9 Å². The summed E-state index contributed by atoms with van der Waals surface area (Å²) >= 11 is 0. The molecule has 1 aromatic carbocycles. The molecule has 1 amide bonds. The molecule has 0 aliphatic rings. The van der Waals surface area contributed by atoms with Crippen molar-refractivity contribution in [1.29, 1.82) is 0 Å². The highest BCUT2D eigenvalue weighted by Gasteiger charge is 2.26. The van der Waals surface area contributed by atoms with Crippen LogP contribution in [0.2, 0.25) is 0 Å². The predicted molar refractivity (Wildman–Crippen MR) is 89.4 cm³/mol. The molecule has 1 aromatic rings. The third-order valence-corrected chi connectivity index (χ3v) is 4.20. The van der Waals surface area contributed by atoms with Gasteiger partial charge in [0.1, 0.15) is 0 Å². The van der Waals surface area contributed by atoms with Crippen LogP contribution in [0.4, 0.5) is 0 Å². The Balaban J connectivity index is 2.91. The van der Waals surface area contributed by atoms with Crippen molar-refractivity contribution in [2.45, 2.75) is 38.5 Å². The van der Waals surface area contributed by atoms with E-state index in [0.717, 1.165) is 6.42 Å². The number of carbonyl (C=O) groups excluding carboxylic acids is 1. The number of nitrogens with two attached hydrogens (primary N) is 1. The Kier molecular flexibility index (Phi) is 6.14. The summed E-state index contributed by atoms with van der Waals surface area (Å²) in [5.41, 5.74) is 6.38. The maximum Gasteiger partial charge on any atom is 0.251 e. The van der Waals surface area contributed by atoms with Gasteiger partial charge in [-0.15, -0.1) is 0 Å². The van der Waals surface area contributed by atoms with Crippen LogP contribution in [0.5, 0.6) is 0 Å². The molecular weight excluding hydrogens is 300 g/mol. The Hall–Kier alpha value is -1.40. The first-order valence-corrected chi connectivity index (χ1v) is 9.40. The highest BCUT2D eigenvalue weighted by atomic mass is 32.2. The molecule has 0 radical (unpaired) electrons. The van der Waals surface area contributed by atoms with Gasteiger partial charge in [-0.2, -0.15) is 0 Å². The van der Waals surface area contributed by atoms with E-state index < -0.39 is 15.4 Å². The summed E-state index contributed by atoms with van der Waals surface area (Å²) in [7, 11) is -3.13. The van der Waals surface area contributed by atoms with Gasteiger partial charge in [0.15, 0.2) is 9.84 Å². The molecule has 0 aromatic heterocycles. The number of carbonyl (C=O) groups is 1. The minimum atomic E-state index is -3.13. The van der Waals surface area contributed by atoms with Gasteiger partial charge in [0.05, 0.1) is 5.75 Å². The Morgan fingerprint density at radius 3 is 2.50 bits per heavy atom. The van der Waals surface area contributed by atoms with Crippen LogP contribution in [0, 0.1) is 5.92 Å². The molecule has 1 rings (SSSR count). The van der Waals surface area contributed by atoms with Crippen molar-refractivity contribution < 1.29 is 13.2 Å². The lowest BCUT2D eigenvalue weighted by Gasteiger charge is -2.31. The van der Waals surface area contributed by atoms with Crippen molar-refractivity contribution in [3.8, 4) is 0 Å². The lowest BCUT2D eigenvalue weighted by Crippen LogP contribution is -2.52. The normalized spacial score (nSPS) is 14.6. The van der Waals surface area contributed by atoms with Crippen molar-refractivity contribution in [1.82, 2.24) is 5.32 Å². The molecule has 1 unspecified atom stereocenters. The molecule has 0 saturated carbocycles. The van der Waals surface area contributed by atoms with E-state index in [2.05, 4.69) is 19.2 Å². The number of hydrogen-bond donors (Lipinski definition) is 2. The Morgan fingerprint density at radius 1 is 1.36 bits per heavy atom. The summed E-state index contributed by atoms with van der Waals surface area (Å²) in [6, 6.07) is 6.68. The summed E-state index contributed by atoms with van der Waals surface area (Å²) in [5, 5.41) is 2.97. The van der Waals surface area contributed by atoms with E-state index in [9.17, 15) is 13.2 Å². The first-order chi connectivity index (χ1) is 10.0. The van der Waals surface area contributed by atoms with E-state index in [0.29, 0.717) is 23.6 Å². The number of benzene rings is 1.